The Bertz CT molecular complexity index is 689. The highest BCUT2D eigenvalue weighted by Crippen LogP contribution is 2.33. The number of rotatable bonds is 3. The van der Waals surface area contributed by atoms with Crippen LogP contribution < -0.4 is 16.4 Å². The van der Waals surface area contributed by atoms with Crippen molar-refractivity contribution in [3.05, 3.63) is 29.6 Å². The molecule has 0 spiro atoms. The highest BCUT2D eigenvalue weighted by atomic mass is 16.1. The first kappa shape index (κ1) is 12.5. The number of nitrogens with one attached hydrogen (secondary N) is 2. The molecule has 4 N–H and O–H groups in total. The first-order valence-corrected chi connectivity index (χ1v) is 6.58. The molecule has 1 aromatic heterocycles. The van der Waals surface area contributed by atoms with Crippen LogP contribution in [0.4, 0.5) is 22.7 Å². The van der Waals surface area contributed by atoms with Crippen molar-refractivity contribution in [2.24, 2.45) is 7.05 Å². The van der Waals surface area contributed by atoms with Gasteiger partial charge < -0.3 is 16.4 Å². The lowest BCUT2D eigenvalue weighted by Gasteiger charge is -2.11. The Hall–Kier alpha value is -2.50. The number of amides is 1. The summed E-state index contributed by atoms with van der Waals surface area (Å²) >= 11 is 0. The molecule has 1 amide bonds. The maximum atomic E-state index is 11.4. The van der Waals surface area contributed by atoms with Gasteiger partial charge in [0.1, 0.15) is 0 Å². The van der Waals surface area contributed by atoms with E-state index in [1.54, 1.807) is 4.68 Å². The molecular formula is C14H17N5O. The van der Waals surface area contributed by atoms with Gasteiger partial charge in [-0.1, -0.05) is 6.92 Å². The van der Waals surface area contributed by atoms with E-state index in [1.807, 2.05) is 25.4 Å². The van der Waals surface area contributed by atoms with Gasteiger partial charge in [0.05, 0.1) is 29.2 Å². The lowest BCUT2D eigenvalue weighted by molar-refractivity contribution is -0.115. The number of nitrogens with two attached hydrogens (primary N) is 1. The first-order chi connectivity index (χ1) is 9.56. The smallest absolute Gasteiger partial charge is 0.228 e. The molecule has 3 rings (SSSR count). The van der Waals surface area contributed by atoms with Crippen LogP contribution in [-0.4, -0.2) is 15.7 Å². The fourth-order valence-electron chi connectivity index (χ4n) is 2.45. The van der Waals surface area contributed by atoms with Gasteiger partial charge in [-0.25, -0.2) is 0 Å². The number of aryl methyl sites for hydroxylation is 2. The summed E-state index contributed by atoms with van der Waals surface area (Å²) < 4.78 is 1.77. The third-order valence-electron chi connectivity index (χ3n) is 3.41. The van der Waals surface area contributed by atoms with Gasteiger partial charge in [0.2, 0.25) is 5.91 Å². The number of hydrogen-bond donors (Lipinski definition) is 3. The minimum Gasteiger partial charge on any atom is -0.397 e. The maximum absolute atomic E-state index is 11.4. The molecule has 0 atom stereocenters. The Morgan fingerprint density at radius 3 is 3.00 bits per heavy atom. The zero-order valence-electron chi connectivity index (χ0n) is 11.5. The van der Waals surface area contributed by atoms with Crippen molar-refractivity contribution < 1.29 is 4.79 Å². The van der Waals surface area contributed by atoms with Crippen LogP contribution in [-0.2, 0) is 24.7 Å². The van der Waals surface area contributed by atoms with Gasteiger partial charge in [0.15, 0.2) is 0 Å². The molecule has 2 aromatic rings. The van der Waals surface area contributed by atoms with E-state index in [9.17, 15) is 4.79 Å². The minimum absolute atomic E-state index is 0.00664. The van der Waals surface area contributed by atoms with Crippen molar-refractivity contribution in [1.29, 1.82) is 0 Å². The molecular weight excluding hydrogens is 254 g/mol. The van der Waals surface area contributed by atoms with Crippen molar-refractivity contribution in [1.82, 2.24) is 9.78 Å². The summed E-state index contributed by atoms with van der Waals surface area (Å²) in [5, 5.41) is 10.5. The number of carbonyl (C=O) groups is 1. The predicted molar refractivity (Wildman–Crippen MR) is 79.1 cm³/mol. The van der Waals surface area contributed by atoms with Gasteiger partial charge in [-0.05, 0) is 24.1 Å². The number of fused-ring (bicyclic) bond motifs is 1. The van der Waals surface area contributed by atoms with Gasteiger partial charge in [0, 0.05) is 18.9 Å². The average molecular weight is 271 g/mol. The molecule has 1 aromatic carbocycles. The molecule has 0 aliphatic carbocycles. The lowest BCUT2D eigenvalue weighted by atomic mass is 10.1. The Balaban J connectivity index is 1.95. The van der Waals surface area contributed by atoms with Crippen molar-refractivity contribution >= 4 is 28.7 Å². The second-order valence-electron chi connectivity index (χ2n) is 4.96. The van der Waals surface area contributed by atoms with E-state index < -0.39 is 0 Å². The summed E-state index contributed by atoms with van der Waals surface area (Å²) in [4.78, 5) is 11.4. The molecule has 0 saturated heterocycles. The lowest BCUT2D eigenvalue weighted by Crippen LogP contribution is -2.03. The summed E-state index contributed by atoms with van der Waals surface area (Å²) in [5.74, 6) is 0.00664. The number of aromatic nitrogens is 2. The fraction of sp³-hybridized carbons (Fsp3) is 0.286. The number of carbonyl (C=O) groups excluding carboxylic acids is 1. The highest BCUT2D eigenvalue weighted by molar-refractivity contribution is 6.01. The van der Waals surface area contributed by atoms with Gasteiger partial charge in [-0.15, -0.1) is 0 Å². The van der Waals surface area contributed by atoms with Crippen LogP contribution in [0.1, 0.15) is 18.2 Å². The quantitative estimate of drug-likeness (QED) is 0.743. The summed E-state index contributed by atoms with van der Waals surface area (Å²) in [6, 6.07) is 3.72. The summed E-state index contributed by atoms with van der Waals surface area (Å²) in [7, 11) is 1.89. The second-order valence-corrected chi connectivity index (χ2v) is 4.96. The molecule has 1 aliphatic heterocycles. The Labute approximate surface area is 117 Å². The number of hydrogen-bond acceptors (Lipinski definition) is 4. The van der Waals surface area contributed by atoms with Crippen molar-refractivity contribution in [2.45, 2.75) is 19.8 Å². The summed E-state index contributed by atoms with van der Waals surface area (Å²) in [6.07, 6.45) is 3.15. The van der Waals surface area contributed by atoms with Crippen LogP contribution >= 0.6 is 0 Å². The molecule has 0 radical (unpaired) electrons. The number of nitrogens with zero attached hydrogens (tertiary/aromatic N) is 2. The van der Waals surface area contributed by atoms with Crippen LogP contribution in [0.5, 0.6) is 0 Å². The molecule has 2 heterocycles. The van der Waals surface area contributed by atoms with Crippen molar-refractivity contribution in [3.8, 4) is 0 Å². The highest BCUT2D eigenvalue weighted by Gasteiger charge is 2.19. The number of anilines is 4. The van der Waals surface area contributed by atoms with Gasteiger partial charge in [-0.3, -0.25) is 9.48 Å². The van der Waals surface area contributed by atoms with Crippen molar-refractivity contribution in [3.63, 3.8) is 0 Å². The van der Waals surface area contributed by atoms with E-state index in [4.69, 9.17) is 5.73 Å². The van der Waals surface area contributed by atoms with Crippen molar-refractivity contribution in [2.75, 3.05) is 16.4 Å². The van der Waals surface area contributed by atoms with Gasteiger partial charge >= 0.3 is 0 Å². The average Bonchev–Trinajstić information content (AvgIpc) is 2.91. The largest absolute Gasteiger partial charge is 0.397 e. The van der Waals surface area contributed by atoms with E-state index in [0.717, 1.165) is 34.7 Å². The fourth-order valence-corrected chi connectivity index (χ4v) is 2.45. The predicted octanol–water partition coefficient (Wildman–Crippen LogP) is 1.80. The van der Waals surface area contributed by atoms with Gasteiger partial charge in [0.25, 0.3) is 0 Å². The molecule has 0 bridgehead atoms. The molecule has 0 saturated carbocycles. The van der Waals surface area contributed by atoms with E-state index in [2.05, 4.69) is 22.7 Å². The number of nitrogen functional groups attached to an aromatic ring is 1. The molecule has 1 aliphatic rings. The molecule has 0 unspecified atom stereocenters. The van der Waals surface area contributed by atoms with E-state index in [-0.39, 0.29) is 5.91 Å². The number of benzene rings is 1. The topological polar surface area (TPSA) is 85.0 Å². The zero-order chi connectivity index (χ0) is 14.3. The third-order valence-corrected chi connectivity index (χ3v) is 3.41. The Morgan fingerprint density at radius 2 is 2.25 bits per heavy atom. The summed E-state index contributed by atoms with van der Waals surface area (Å²) in [6.45, 7) is 2.06. The Morgan fingerprint density at radius 1 is 1.45 bits per heavy atom. The van der Waals surface area contributed by atoms with Crippen LogP contribution in [0.3, 0.4) is 0 Å². The summed E-state index contributed by atoms with van der Waals surface area (Å²) in [5.41, 5.74) is 11.2. The third kappa shape index (κ3) is 2.09. The van der Waals surface area contributed by atoms with E-state index in [1.165, 1.54) is 0 Å². The van der Waals surface area contributed by atoms with Gasteiger partial charge in [-0.2, -0.15) is 5.10 Å². The zero-order valence-corrected chi connectivity index (χ0v) is 11.5. The molecule has 6 heteroatoms. The monoisotopic (exact) mass is 271 g/mol. The second kappa shape index (κ2) is 4.56. The minimum atomic E-state index is 0.00664. The van der Waals surface area contributed by atoms with Crippen LogP contribution in [0.2, 0.25) is 0 Å². The molecule has 20 heavy (non-hydrogen) atoms. The maximum Gasteiger partial charge on any atom is 0.228 e. The first-order valence-electron chi connectivity index (χ1n) is 6.58. The Kier molecular flexibility index (Phi) is 2.85. The normalized spacial score (nSPS) is 13.2. The van der Waals surface area contributed by atoms with E-state index in [0.29, 0.717) is 12.1 Å². The van der Waals surface area contributed by atoms with Crippen LogP contribution in [0.15, 0.2) is 18.3 Å². The standard InChI is InChI=1S/C14H17N5O/c1-3-10-13(7-19(2)18-10)16-12-6-11-8(4-9(12)15)5-14(20)17-11/h4,6-7,16H,3,5,15H2,1-2H3,(H,17,20). The van der Waals surface area contributed by atoms with Crippen LogP contribution in [0, 0.1) is 0 Å². The van der Waals surface area contributed by atoms with Crippen LogP contribution in [0.25, 0.3) is 0 Å². The molecule has 104 valence electrons. The molecule has 6 nitrogen and oxygen atoms in total. The van der Waals surface area contributed by atoms with E-state index >= 15 is 0 Å². The SMILES string of the molecule is CCc1nn(C)cc1Nc1cc2c(cc1N)CC(=O)N2. The molecule has 0 fully saturated rings.